The molecule has 0 radical (unpaired) electrons. The summed E-state index contributed by atoms with van der Waals surface area (Å²) in [5.74, 6) is 2.84. The lowest BCUT2D eigenvalue weighted by Gasteiger charge is -2.36. The van der Waals surface area contributed by atoms with Crippen molar-refractivity contribution in [3.05, 3.63) is 53.2 Å². The second-order valence-corrected chi connectivity index (χ2v) is 8.33. The van der Waals surface area contributed by atoms with Crippen LogP contribution in [0.2, 0.25) is 0 Å². The molecular weight excluding hydrogens is 390 g/mol. The standard InChI is InChI=1S/C24H33N5O2/c1-17-15-29(16-18(2)31-17)23-7-5-20(13-27-23)14-28-24(25-3)26-10-8-19-4-6-22-21(12-19)9-11-30-22/h4-7,12-13,17-18H,8-11,14-16H2,1-3H3,(H2,25,26,28). The summed E-state index contributed by atoms with van der Waals surface area (Å²) in [6.07, 6.45) is 4.35. The van der Waals surface area contributed by atoms with Crippen LogP contribution in [0.1, 0.15) is 30.5 Å². The van der Waals surface area contributed by atoms with E-state index < -0.39 is 0 Å². The van der Waals surface area contributed by atoms with E-state index in [2.05, 4.69) is 69.7 Å². The van der Waals surface area contributed by atoms with Gasteiger partial charge in [-0.15, -0.1) is 0 Å². The number of fused-ring (bicyclic) bond motifs is 1. The van der Waals surface area contributed by atoms with Crippen LogP contribution in [0.15, 0.2) is 41.5 Å². The fourth-order valence-electron chi connectivity index (χ4n) is 4.20. The van der Waals surface area contributed by atoms with E-state index in [1.165, 1.54) is 11.1 Å². The lowest BCUT2D eigenvalue weighted by molar-refractivity contribution is -0.00545. The first-order valence-electron chi connectivity index (χ1n) is 11.1. The first-order valence-corrected chi connectivity index (χ1v) is 11.1. The van der Waals surface area contributed by atoms with Crippen LogP contribution < -0.4 is 20.3 Å². The van der Waals surface area contributed by atoms with Gasteiger partial charge in [-0.05, 0) is 49.1 Å². The predicted molar refractivity (Wildman–Crippen MR) is 124 cm³/mol. The maximum absolute atomic E-state index is 5.81. The molecule has 7 nitrogen and oxygen atoms in total. The van der Waals surface area contributed by atoms with Crippen LogP contribution in [0.3, 0.4) is 0 Å². The number of pyridine rings is 1. The van der Waals surface area contributed by atoms with Crippen molar-refractivity contribution in [1.29, 1.82) is 0 Å². The Balaban J connectivity index is 1.23. The quantitative estimate of drug-likeness (QED) is 0.550. The van der Waals surface area contributed by atoms with Gasteiger partial charge in [0.15, 0.2) is 5.96 Å². The summed E-state index contributed by atoms with van der Waals surface area (Å²) in [6, 6.07) is 10.7. The molecule has 0 amide bonds. The van der Waals surface area contributed by atoms with Crippen LogP contribution in [0.25, 0.3) is 0 Å². The molecule has 2 aliphatic heterocycles. The minimum Gasteiger partial charge on any atom is -0.493 e. The van der Waals surface area contributed by atoms with Crippen LogP contribution >= 0.6 is 0 Å². The average molecular weight is 424 g/mol. The van der Waals surface area contributed by atoms with Gasteiger partial charge in [-0.3, -0.25) is 4.99 Å². The van der Waals surface area contributed by atoms with Crippen molar-refractivity contribution in [1.82, 2.24) is 15.6 Å². The van der Waals surface area contributed by atoms with Crippen LogP contribution in [0.4, 0.5) is 5.82 Å². The number of aromatic nitrogens is 1. The van der Waals surface area contributed by atoms with E-state index in [0.717, 1.165) is 62.2 Å². The Morgan fingerprint density at radius 3 is 2.68 bits per heavy atom. The molecule has 0 aliphatic carbocycles. The summed E-state index contributed by atoms with van der Waals surface area (Å²) in [5.41, 5.74) is 3.76. The Hall–Kier alpha value is -2.80. The van der Waals surface area contributed by atoms with Gasteiger partial charge in [-0.1, -0.05) is 18.2 Å². The molecule has 1 fully saturated rings. The highest BCUT2D eigenvalue weighted by molar-refractivity contribution is 5.79. The van der Waals surface area contributed by atoms with E-state index in [1.54, 1.807) is 7.05 Å². The molecule has 2 N–H and O–H groups in total. The van der Waals surface area contributed by atoms with E-state index in [-0.39, 0.29) is 12.2 Å². The van der Waals surface area contributed by atoms with Gasteiger partial charge in [0.2, 0.25) is 0 Å². The van der Waals surface area contributed by atoms with Crippen molar-refractivity contribution in [2.45, 2.75) is 45.4 Å². The molecular formula is C24H33N5O2. The number of anilines is 1. The van der Waals surface area contributed by atoms with Gasteiger partial charge in [-0.25, -0.2) is 4.98 Å². The summed E-state index contributed by atoms with van der Waals surface area (Å²) in [7, 11) is 1.80. The topological polar surface area (TPSA) is 71.0 Å². The number of guanidine groups is 1. The first-order chi connectivity index (χ1) is 15.1. The minimum atomic E-state index is 0.228. The number of nitrogens with zero attached hydrogens (tertiary/aromatic N) is 3. The van der Waals surface area contributed by atoms with Crippen LogP contribution in [-0.2, 0) is 24.1 Å². The van der Waals surface area contributed by atoms with Crippen LogP contribution in [0, 0.1) is 0 Å². The average Bonchev–Trinajstić information content (AvgIpc) is 3.24. The monoisotopic (exact) mass is 423 g/mol. The van der Waals surface area contributed by atoms with Gasteiger partial charge in [0, 0.05) is 45.8 Å². The Labute approximate surface area is 184 Å². The maximum atomic E-state index is 5.81. The molecule has 3 heterocycles. The first kappa shape index (κ1) is 21.4. The fourth-order valence-corrected chi connectivity index (χ4v) is 4.20. The third-order valence-corrected chi connectivity index (χ3v) is 5.70. The number of aliphatic imine (C=N–C) groups is 1. The SMILES string of the molecule is CN=C(NCCc1ccc2c(c1)CCO2)NCc1ccc(N2CC(C)OC(C)C2)nc1. The summed E-state index contributed by atoms with van der Waals surface area (Å²) < 4.78 is 11.4. The molecule has 2 aliphatic rings. The molecule has 1 aromatic carbocycles. The van der Waals surface area contributed by atoms with Crippen molar-refractivity contribution in [2.75, 3.05) is 38.2 Å². The zero-order chi connectivity index (χ0) is 21.6. The normalized spacial score (nSPS) is 20.9. The van der Waals surface area contributed by atoms with Crippen molar-refractivity contribution >= 4 is 11.8 Å². The second kappa shape index (κ2) is 10.0. The molecule has 2 aromatic rings. The molecule has 0 bridgehead atoms. The molecule has 2 atom stereocenters. The number of ether oxygens (including phenoxy) is 2. The highest BCUT2D eigenvalue weighted by Crippen LogP contribution is 2.25. The van der Waals surface area contributed by atoms with E-state index in [4.69, 9.17) is 9.47 Å². The minimum absolute atomic E-state index is 0.228. The fraction of sp³-hybridized carbons (Fsp3) is 0.500. The van der Waals surface area contributed by atoms with E-state index >= 15 is 0 Å². The van der Waals surface area contributed by atoms with E-state index in [1.807, 2.05) is 6.20 Å². The number of benzene rings is 1. The smallest absolute Gasteiger partial charge is 0.191 e. The number of hydrogen-bond acceptors (Lipinski definition) is 5. The lowest BCUT2D eigenvalue weighted by atomic mass is 10.1. The van der Waals surface area contributed by atoms with Gasteiger partial charge < -0.3 is 25.0 Å². The molecule has 1 saturated heterocycles. The predicted octanol–water partition coefficient (Wildman–Crippen LogP) is 2.54. The van der Waals surface area contributed by atoms with Crippen molar-refractivity contribution in [3.8, 4) is 5.75 Å². The number of morpholine rings is 1. The number of nitrogens with one attached hydrogen (secondary N) is 2. The molecule has 7 heteroatoms. The Morgan fingerprint density at radius 2 is 1.94 bits per heavy atom. The van der Waals surface area contributed by atoms with Gasteiger partial charge in [0.25, 0.3) is 0 Å². The second-order valence-electron chi connectivity index (χ2n) is 8.33. The van der Waals surface area contributed by atoms with Gasteiger partial charge in [0.1, 0.15) is 11.6 Å². The third-order valence-electron chi connectivity index (χ3n) is 5.70. The molecule has 0 spiro atoms. The Bertz CT molecular complexity index is 889. The lowest BCUT2D eigenvalue weighted by Crippen LogP contribution is -2.45. The molecule has 1 aromatic heterocycles. The van der Waals surface area contributed by atoms with E-state index in [9.17, 15) is 0 Å². The number of rotatable bonds is 6. The van der Waals surface area contributed by atoms with Crippen LogP contribution in [-0.4, -0.2) is 56.4 Å². The maximum Gasteiger partial charge on any atom is 0.191 e. The molecule has 2 unspecified atom stereocenters. The van der Waals surface area contributed by atoms with Gasteiger partial charge in [-0.2, -0.15) is 0 Å². The van der Waals surface area contributed by atoms with Gasteiger partial charge >= 0.3 is 0 Å². The van der Waals surface area contributed by atoms with Crippen molar-refractivity contribution < 1.29 is 9.47 Å². The molecule has 4 rings (SSSR count). The largest absolute Gasteiger partial charge is 0.493 e. The summed E-state index contributed by atoms with van der Waals surface area (Å²) >= 11 is 0. The zero-order valence-corrected chi connectivity index (χ0v) is 18.7. The summed E-state index contributed by atoms with van der Waals surface area (Å²) in [6.45, 7) is 8.28. The molecule has 0 saturated carbocycles. The van der Waals surface area contributed by atoms with Crippen LogP contribution in [0.5, 0.6) is 5.75 Å². The van der Waals surface area contributed by atoms with Gasteiger partial charge in [0.05, 0.1) is 18.8 Å². The Morgan fingerprint density at radius 1 is 1.13 bits per heavy atom. The highest BCUT2D eigenvalue weighted by Gasteiger charge is 2.23. The zero-order valence-electron chi connectivity index (χ0n) is 18.7. The summed E-state index contributed by atoms with van der Waals surface area (Å²) in [4.78, 5) is 11.3. The number of hydrogen-bond donors (Lipinski definition) is 2. The Kier molecular flexibility index (Phi) is 6.92. The molecule has 31 heavy (non-hydrogen) atoms. The van der Waals surface area contributed by atoms with Crippen molar-refractivity contribution in [3.63, 3.8) is 0 Å². The van der Waals surface area contributed by atoms with E-state index in [0.29, 0.717) is 6.54 Å². The van der Waals surface area contributed by atoms with Crippen molar-refractivity contribution in [2.24, 2.45) is 4.99 Å². The third kappa shape index (κ3) is 5.67. The molecule has 166 valence electrons. The highest BCUT2D eigenvalue weighted by atomic mass is 16.5. The summed E-state index contributed by atoms with van der Waals surface area (Å²) in [5, 5.41) is 6.77.